The summed E-state index contributed by atoms with van der Waals surface area (Å²) in [6, 6.07) is 9.70. The molecule has 0 bridgehead atoms. The van der Waals surface area contributed by atoms with Crippen LogP contribution in [0.1, 0.15) is 12.0 Å². The molecule has 1 aromatic carbocycles. The first kappa shape index (κ1) is 11.6. The summed E-state index contributed by atoms with van der Waals surface area (Å²) in [5, 5.41) is 10.8. The minimum atomic E-state index is -0.924. The number of hydrogen-bond acceptors (Lipinski definition) is 3. The molecule has 1 saturated heterocycles. The summed E-state index contributed by atoms with van der Waals surface area (Å²) in [6.07, 6.45) is 0.884. The van der Waals surface area contributed by atoms with Crippen LogP contribution in [0.5, 0.6) is 0 Å². The minimum absolute atomic E-state index is 0.120. The molecule has 1 aliphatic heterocycles. The van der Waals surface area contributed by atoms with E-state index in [1.807, 2.05) is 30.3 Å². The molecule has 1 fully saturated rings. The van der Waals surface area contributed by atoms with E-state index in [0.717, 1.165) is 18.6 Å². The predicted molar refractivity (Wildman–Crippen MR) is 61.1 cm³/mol. The average molecular weight is 222 g/mol. The van der Waals surface area contributed by atoms with Crippen molar-refractivity contribution in [1.29, 1.82) is 0 Å². The normalized spacial score (nSPS) is 24.2. The topological polar surface area (TPSA) is 38.7 Å². The summed E-state index contributed by atoms with van der Waals surface area (Å²) in [6.45, 7) is 1.64. The van der Waals surface area contributed by atoms with Crippen LogP contribution in [0.4, 0.5) is 0 Å². The molecule has 0 radical (unpaired) electrons. The highest BCUT2D eigenvalue weighted by molar-refractivity contribution is 5.23. The molecule has 0 spiro atoms. The molecule has 0 aromatic heterocycles. The van der Waals surface area contributed by atoms with Crippen molar-refractivity contribution in [3.05, 3.63) is 35.9 Å². The fourth-order valence-electron chi connectivity index (χ4n) is 2.29. The van der Waals surface area contributed by atoms with E-state index in [1.165, 1.54) is 0 Å². The van der Waals surface area contributed by atoms with Gasteiger partial charge < -0.3 is 14.6 Å². The van der Waals surface area contributed by atoms with Crippen molar-refractivity contribution in [2.45, 2.75) is 12.0 Å². The van der Waals surface area contributed by atoms with Crippen molar-refractivity contribution in [2.75, 3.05) is 26.9 Å². The van der Waals surface area contributed by atoms with E-state index in [1.54, 1.807) is 7.11 Å². The SMILES string of the molecule is COCC(O)(c1ccccc1)C1CCOC1. The van der Waals surface area contributed by atoms with Gasteiger partial charge >= 0.3 is 0 Å². The van der Waals surface area contributed by atoms with Crippen molar-refractivity contribution in [3.63, 3.8) is 0 Å². The van der Waals surface area contributed by atoms with Gasteiger partial charge in [-0.15, -0.1) is 0 Å². The third-order valence-electron chi connectivity index (χ3n) is 3.24. The summed E-state index contributed by atoms with van der Waals surface area (Å²) < 4.78 is 10.5. The van der Waals surface area contributed by atoms with Crippen LogP contribution in [0.15, 0.2) is 30.3 Å². The van der Waals surface area contributed by atoms with Gasteiger partial charge in [-0.2, -0.15) is 0 Å². The molecule has 0 amide bonds. The minimum Gasteiger partial charge on any atom is -0.382 e. The van der Waals surface area contributed by atoms with E-state index < -0.39 is 5.60 Å². The quantitative estimate of drug-likeness (QED) is 0.840. The van der Waals surface area contributed by atoms with Crippen molar-refractivity contribution >= 4 is 0 Å². The molecule has 1 N–H and O–H groups in total. The molecule has 0 saturated carbocycles. The maximum Gasteiger partial charge on any atom is 0.118 e. The number of rotatable bonds is 4. The Kier molecular flexibility index (Phi) is 3.59. The van der Waals surface area contributed by atoms with Gasteiger partial charge in [0.25, 0.3) is 0 Å². The lowest BCUT2D eigenvalue weighted by molar-refractivity contribution is -0.0810. The molecular weight excluding hydrogens is 204 g/mol. The van der Waals surface area contributed by atoms with Gasteiger partial charge in [0.05, 0.1) is 13.2 Å². The molecule has 1 aliphatic rings. The molecule has 3 heteroatoms. The zero-order chi connectivity index (χ0) is 11.4. The van der Waals surface area contributed by atoms with Crippen LogP contribution in [0, 0.1) is 5.92 Å². The Morgan fingerprint density at radius 1 is 1.44 bits per heavy atom. The van der Waals surface area contributed by atoms with E-state index in [9.17, 15) is 5.11 Å². The summed E-state index contributed by atoms with van der Waals surface area (Å²) in [5.74, 6) is 0.120. The van der Waals surface area contributed by atoms with Crippen molar-refractivity contribution in [1.82, 2.24) is 0 Å². The smallest absolute Gasteiger partial charge is 0.118 e. The van der Waals surface area contributed by atoms with Gasteiger partial charge in [-0.1, -0.05) is 30.3 Å². The Morgan fingerprint density at radius 2 is 2.19 bits per heavy atom. The van der Waals surface area contributed by atoms with E-state index in [0.29, 0.717) is 13.2 Å². The largest absolute Gasteiger partial charge is 0.382 e. The second-order valence-electron chi connectivity index (χ2n) is 4.28. The predicted octanol–water partition coefficient (Wildman–Crippen LogP) is 1.56. The number of methoxy groups -OCH3 is 1. The van der Waals surface area contributed by atoms with E-state index >= 15 is 0 Å². The van der Waals surface area contributed by atoms with Crippen LogP contribution in [-0.4, -0.2) is 32.0 Å². The zero-order valence-electron chi connectivity index (χ0n) is 9.56. The lowest BCUT2D eigenvalue weighted by Crippen LogP contribution is -2.40. The van der Waals surface area contributed by atoms with Gasteiger partial charge in [-0.3, -0.25) is 0 Å². The highest BCUT2D eigenvalue weighted by Gasteiger charge is 2.40. The van der Waals surface area contributed by atoms with Gasteiger partial charge in [-0.25, -0.2) is 0 Å². The molecule has 3 nitrogen and oxygen atoms in total. The van der Waals surface area contributed by atoms with Gasteiger partial charge in [0.15, 0.2) is 0 Å². The molecule has 1 heterocycles. The second kappa shape index (κ2) is 4.95. The summed E-state index contributed by atoms with van der Waals surface area (Å²) in [5.41, 5.74) is -0.0145. The van der Waals surface area contributed by atoms with E-state index in [2.05, 4.69) is 0 Å². The van der Waals surface area contributed by atoms with Gasteiger partial charge in [0, 0.05) is 19.6 Å². The van der Waals surface area contributed by atoms with Crippen molar-refractivity contribution < 1.29 is 14.6 Å². The van der Waals surface area contributed by atoms with Crippen LogP contribution in [0.25, 0.3) is 0 Å². The average Bonchev–Trinajstić information content (AvgIpc) is 2.84. The van der Waals surface area contributed by atoms with Crippen LogP contribution in [-0.2, 0) is 15.1 Å². The lowest BCUT2D eigenvalue weighted by Gasteiger charge is -2.33. The van der Waals surface area contributed by atoms with Crippen molar-refractivity contribution in [3.8, 4) is 0 Å². The van der Waals surface area contributed by atoms with Crippen LogP contribution in [0.2, 0.25) is 0 Å². The Labute approximate surface area is 96.0 Å². The number of ether oxygens (including phenoxy) is 2. The molecule has 2 rings (SSSR count). The Balaban J connectivity index is 2.27. The van der Waals surface area contributed by atoms with E-state index in [-0.39, 0.29) is 5.92 Å². The second-order valence-corrected chi connectivity index (χ2v) is 4.28. The molecule has 0 aliphatic carbocycles. The summed E-state index contributed by atoms with van der Waals surface area (Å²) in [4.78, 5) is 0. The highest BCUT2D eigenvalue weighted by atomic mass is 16.5. The first-order chi connectivity index (χ1) is 7.77. The van der Waals surface area contributed by atoms with Crippen molar-refractivity contribution in [2.24, 2.45) is 5.92 Å². The summed E-state index contributed by atoms with van der Waals surface area (Å²) in [7, 11) is 1.61. The first-order valence-electron chi connectivity index (χ1n) is 5.62. The number of aliphatic hydroxyl groups is 1. The first-order valence-corrected chi connectivity index (χ1v) is 5.62. The number of hydrogen-bond donors (Lipinski definition) is 1. The van der Waals surface area contributed by atoms with Crippen LogP contribution >= 0.6 is 0 Å². The highest BCUT2D eigenvalue weighted by Crippen LogP contribution is 2.35. The molecule has 2 atom stereocenters. The molecule has 16 heavy (non-hydrogen) atoms. The maximum absolute atomic E-state index is 10.8. The zero-order valence-corrected chi connectivity index (χ0v) is 9.56. The van der Waals surface area contributed by atoms with Gasteiger partial charge in [-0.05, 0) is 12.0 Å². The lowest BCUT2D eigenvalue weighted by atomic mass is 9.81. The fraction of sp³-hybridized carbons (Fsp3) is 0.538. The third kappa shape index (κ3) is 2.12. The Morgan fingerprint density at radius 3 is 2.75 bits per heavy atom. The molecule has 2 unspecified atom stereocenters. The summed E-state index contributed by atoms with van der Waals surface area (Å²) >= 11 is 0. The Hall–Kier alpha value is -0.900. The van der Waals surface area contributed by atoms with Gasteiger partial charge in [0.1, 0.15) is 5.60 Å². The van der Waals surface area contributed by atoms with Gasteiger partial charge in [0.2, 0.25) is 0 Å². The monoisotopic (exact) mass is 222 g/mol. The maximum atomic E-state index is 10.8. The van der Waals surface area contributed by atoms with Crippen LogP contribution < -0.4 is 0 Å². The number of benzene rings is 1. The molecule has 1 aromatic rings. The third-order valence-corrected chi connectivity index (χ3v) is 3.24. The molecule has 88 valence electrons. The fourth-order valence-corrected chi connectivity index (χ4v) is 2.29. The Bertz CT molecular complexity index is 319. The standard InChI is InChI=1S/C13H18O3/c1-15-10-13(14,12-7-8-16-9-12)11-5-3-2-4-6-11/h2-6,12,14H,7-10H2,1H3. The van der Waals surface area contributed by atoms with E-state index in [4.69, 9.17) is 9.47 Å². The van der Waals surface area contributed by atoms with Crippen LogP contribution in [0.3, 0.4) is 0 Å². The molecular formula is C13H18O3.